The zero-order valence-corrected chi connectivity index (χ0v) is 10.6. The normalized spacial score (nSPS) is 13.7. The molecule has 0 aromatic carbocycles. The number of sulfonamides is 1. The number of hydrogen-bond donors (Lipinski definition) is 3. The SMILES string of the molecule is CC(NS(=O)(=O)c1ccc(CN)o1)c1cn[nH]c1. The summed E-state index contributed by atoms with van der Waals surface area (Å²) in [6, 6.07) is 2.52. The first kappa shape index (κ1) is 12.8. The molecule has 0 aliphatic heterocycles. The zero-order chi connectivity index (χ0) is 13.2. The average molecular weight is 270 g/mol. The molecule has 0 aliphatic carbocycles. The van der Waals surface area contributed by atoms with Crippen LogP contribution in [0.1, 0.15) is 24.3 Å². The monoisotopic (exact) mass is 270 g/mol. The van der Waals surface area contributed by atoms with Crippen molar-refractivity contribution in [2.24, 2.45) is 5.73 Å². The van der Waals surface area contributed by atoms with Crippen molar-refractivity contribution in [3.05, 3.63) is 35.9 Å². The summed E-state index contributed by atoms with van der Waals surface area (Å²) in [6.45, 7) is 1.88. The van der Waals surface area contributed by atoms with Crippen molar-refractivity contribution in [1.29, 1.82) is 0 Å². The maximum absolute atomic E-state index is 12.0. The molecule has 7 nitrogen and oxygen atoms in total. The van der Waals surface area contributed by atoms with E-state index in [9.17, 15) is 8.42 Å². The Balaban J connectivity index is 2.17. The van der Waals surface area contributed by atoms with Crippen molar-refractivity contribution in [3.8, 4) is 0 Å². The number of aromatic amines is 1. The smallest absolute Gasteiger partial charge is 0.274 e. The summed E-state index contributed by atoms with van der Waals surface area (Å²) in [5.74, 6) is 0.423. The standard InChI is InChI=1S/C10H14N4O3S/c1-7(8-5-12-13-6-8)14-18(15,16)10-3-2-9(4-11)17-10/h2-3,5-7,14H,4,11H2,1H3,(H,12,13). The Morgan fingerprint density at radius 1 is 1.56 bits per heavy atom. The van der Waals surface area contributed by atoms with Gasteiger partial charge < -0.3 is 10.2 Å². The van der Waals surface area contributed by atoms with Crippen LogP contribution in [0.25, 0.3) is 0 Å². The number of furan rings is 1. The van der Waals surface area contributed by atoms with Gasteiger partial charge in [-0.2, -0.15) is 5.10 Å². The molecular weight excluding hydrogens is 256 g/mol. The van der Waals surface area contributed by atoms with Gasteiger partial charge in [-0.05, 0) is 19.1 Å². The van der Waals surface area contributed by atoms with Gasteiger partial charge in [0.2, 0.25) is 5.09 Å². The Labute approximate surface area is 104 Å². The Morgan fingerprint density at radius 2 is 2.33 bits per heavy atom. The van der Waals surface area contributed by atoms with Crippen LogP contribution in [0.3, 0.4) is 0 Å². The fourth-order valence-corrected chi connectivity index (χ4v) is 2.65. The molecule has 0 amide bonds. The van der Waals surface area contributed by atoms with Gasteiger partial charge in [0.25, 0.3) is 10.0 Å². The minimum absolute atomic E-state index is 0.140. The third-order valence-electron chi connectivity index (χ3n) is 2.45. The molecule has 2 heterocycles. The fraction of sp³-hybridized carbons (Fsp3) is 0.300. The summed E-state index contributed by atoms with van der Waals surface area (Å²) in [6.07, 6.45) is 3.18. The number of hydrogen-bond acceptors (Lipinski definition) is 5. The van der Waals surface area contributed by atoms with Gasteiger partial charge in [-0.3, -0.25) is 5.10 Å². The van der Waals surface area contributed by atoms with Crippen LogP contribution in [0, 0.1) is 0 Å². The van der Waals surface area contributed by atoms with Gasteiger partial charge in [0.1, 0.15) is 5.76 Å². The lowest BCUT2D eigenvalue weighted by molar-refractivity contribution is 0.411. The maximum atomic E-state index is 12.0. The summed E-state index contributed by atoms with van der Waals surface area (Å²) in [7, 11) is -3.69. The van der Waals surface area contributed by atoms with E-state index in [-0.39, 0.29) is 11.6 Å². The van der Waals surface area contributed by atoms with Crippen LogP contribution in [0.15, 0.2) is 34.0 Å². The molecule has 18 heavy (non-hydrogen) atoms. The second-order valence-electron chi connectivity index (χ2n) is 3.80. The van der Waals surface area contributed by atoms with Crippen LogP contribution in [0.4, 0.5) is 0 Å². The number of aromatic nitrogens is 2. The lowest BCUT2D eigenvalue weighted by Crippen LogP contribution is -2.26. The van der Waals surface area contributed by atoms with Crippen LogP contribution < -0.4 is 10.5 Å². The molecule has 0 spiro atoms. The van der Waals surface area contributed by atoms with Crippen LogP contribution in [0.5, 0.6) is 0 Å². The predicted molar refractivity (Wildman–Crippen MR) is 63.9 cm³/mol. The first-order chi connectivity index (χ1) is 8.53. The van der Waals surface area contributed by atoms with Crippen LogP contribution >= 0.6 is 0 Å². The zero-order valence-electron chi connectivity index (χ0n) is 9.75. The van der Waals surface area contributed by atoms with E-state index >= 15 is 0 Å². The highest BCUT2D eigenvalue weighted by atomic mass is 32.2. The van der Waals surface area contributed by atoms with E-state index in [1.807, 2.05) is 0 Å². The van der Waals surface area contributed by atoms with Crippen LogP contribution in [0.2, 0.25) is 0 Å². The molecule has 8 heteroatoms. The van der Waals surface area contributed by atoms with E-state index < -0.39 is 16.1 Å². The first-order valence-electron chi connectivity index (χ1n) is 5.32. The fourth-order valence-electron chi connectivity index (χ4n) is 1.47. The molecule has 1 atom stereocenters. The van der Waals surface area contributed by atoms with Crippen molar-refractivity contribution < 1.29 is 12.8 Å². The summed E-state index contributed by atoms with van der Waals surface area (Å²) in [5.41, 5.74) is 6.10. The van der Waals surface area contributed by atoms with E-state index in [1.165, 1.54) is 12.1 Å². The summed E-state index contributed by atoms with van der Waals surface area (Å²) in [5, 5.41) is 6.25. The van der Waals surface area contributed by atoms with Crippen molar-refractivity contribution in [3.63, 3.8) is 0 Å². The molecule has 98 valence electrons. The molecule has 0 aliphatic rings. The second kappa shape index (κ2) is 4.92. The predicted octanol–water partition coefficient (Wildman–Crippen LogP) is 0.501. The van der Waals surface area contributed by atoms with E-state index in [0.29, 0.717) is 5.76 Å². The van der Waals surface area contributed by atoms with E-state index in [1.54, 1.807) is 19.3 Å². The Bertz CT molecular complexity index is 603. The molecule has 0 fully saturated rings. The molecule has 0 saturated carbocycles. The highest BCUT2D eigenvalue weighted by Crippen LogP contribution is 2.17. The first-order valence-corrected chi connectivity index (χ1v) is 6.81. The third kappa shape index (κ3) is 2.61. The largest absolute Gasteiger partial charge is 0.447 e. The number of rotatable bonds is 5. The van der Waals surface area contributed by atoms with E-state index in [4.69, 9.17) is 10.2 Å². The number of nitrogens with two attached hydrogens (primary N) is 1. The highest BCUT2D eigenvalue weighted by molar-refractivity contribution is 7.89. The van der Waals surface area contributed by atoms with Gasteiger partial charge in [-0.15, -0.1) is 0 Å². The molecule has 2 aromatic heterocycles. The van der Waals surface area contributed by atoms with Gasteiger partial charge in [0.15, 0.2) is 0 Å². The quantitative estimate of drug-likeness (QED) is 0.732. The molecule has 0 saturated heterocycles. The third-order valence-corrected chi connectivity index (χ3v) is 3.87. The van der Waals surface area contributed by atoms with E-state index in [2.05, 4.69) is 14.9 Å². The topological polar surface area (TPSA) is 114 Å². The van der Waals surface area contributed by atoms with Gasteiger partial charge in [0.05, 0.1) is 12.7 Å². The van der Waals surface area contributed by atoms with Crippen molar-refractivity contribution in [2.45, 2.75) is 24.6 Å². The van der Waals surface area contributed by atoms with Gasteiger partial charge >= 0.3 is 0 Å². The Morgan fingerprint density at radius 3 is 2.89 bits per heavy atom. The Kier molecular flexibility index (Phi) is 3.50. The summed E-state index contributed by atoms with van der Waals surface area (Å²) >= 11 is 0. The van der Waals surface area contributed by atoms with E-state index in [0.717, 1.165) is 5.56 Å². The lowest BCUT2D eigenvalue weighted by atomic mass is 10.2. The molecule has 0 radical (unpaired) electrons. The summed E-state index contributed by atoms with van der Waals surface area (Å²) in [4.78, 5) is 0. The molecule has 0 bridgehead atoms. The molecule has 2 rings (SSSR count). The van der Waals surface area contributed by atoms with Gasteiger partial charge in [-0.1, -0.05) is 0 Å². The van der Waals surface area contributed by atoms with Gasteiger partial charge in [-0.25, -0.2) is 13.1 Å². The minimum Gasteiger partial charge on any atom is -0.447 e. The van der Waals surface area contributed by atoms with Crippen molar-refractivity contribution >= 4 is 10.0 Å². The average Bonchev–Trinajstić information content (AvgIpc) is 3.00. The van der Waals surface area contributed by atoms with Crippen LogP contribution in [-0.2, 0) is 16.6 Å². The minimum atomic E-state index is -3.69. The summed E-state index contributed by atoms with van der Waals surface area (Å²) < 4.78 is 31.6. The number of nitrogens with one attached hydrogen (secondary N) is 2. The second-order valence-corrected chi connectivity index (χ2v) is 5.44. The molecule has 4 N–H and O–H groups in total. The molecule has 2 aromatic rings. The highest BCUT2D eigenvalue weighted by Gasteiger charge is 2.22. The van der Waals surface area contributed by atoms with Crippen molar-refractivity contribution in [2.75, 3.05) is 0 Å². The molecule has 1 unspecified atom stereocenters. The van der Waals surface area contributed by atoms with Gasteiger partial charge in [0, 0.05) is 17.8 Å². The molecular formula is C10H14N4O3S. The van der Waals surface area contributed by atoms with Crippen LogP contribution in [-0.4, -0.2) is 18.6 Å². The Hall–Kier alpha value is -1.64. The lowest BCUT2D eigenvalue weighted by Gasteiger charge is -2.10. The maximum Gasteiger partial charge on any atom is 0.274 e. The van der Waals surface area contributed by atoms with Crippen molar-refractivity contribution in [1.82, 2.24) is 14.9 Å². The number of H-pyrrole nitrogens is 1. The number of nitrogens with zero attached hydrogens (tertiary/aromatic N) is 1.